The van der Waals surface area contributed by atoms with E-state index in [2.05, 4.69) is 20.1 Å². The van der Waals surface area contributed by atoms with Gasteiger partial charge in [-0.3, -0.25) is 18.5 Å². The number of urea groups is 1. The maximum Gasteiger partial charge on any atom is 0.323 e. The molecule has 0 saturated carbocycles. The summed E-state index contributed by atoms with van der Waals surface area (Å²) in [5.74, 6) is -1.23. The molecule has 21 heteroatoms. The molecule has 8 N–H and O–H groups in total. The quantitative estimate of drug-likeness (QED) is 0.0657. The Morgan fingerprint density at radius 1 is 0.463 bits per heavy atom. The lowest BCUT2D eigenvalue weighted by Crippen LogP contribution is -2.20. The first-order chi connectivity index (χ1) is 25.2. The molecule has 2 amide bonds. The Bertz CT molecular complexity index is 2770. The third-order valence-corrected chi connectivity index (χ3v) is 12.2. The Kier molecular flexibility index (Phi) is 9.64. The first-order valence-corrected chi connectivity index (χ1v) is 20.9. The minimum absolute atomic E-state index is 0.00900. The molecule has 0 bridgehead atoms. The fourth-order valence-electron chi connectivity index (χ4n) is 5.23. The molecule has 54 heavy (non-hydrogen) atoms. The number of benzene rings is 6. The van der Waals surface area contributed by atoms with Crippen molar-refractivity contribution >= 4 is 90.6 Å². The molecular weight excluding hydrogens is 789 g/mol. The summed E-state index contributed by atoms with van der Waals surface area (Å²) in [5.41, 5.74) is -0.634. The molecule has 6 aromatic carbocycles. The number of fused-ring (bicyclic) bond motifs is 2. The Hall–Kier alpha value is -5.97. The summed E-state index contributed by atoms with van der Waals surface area (Å²) < 4.78 is 122. The largest absolute Gasteiger partial charge is 0.505 e. The molecule has 17 nitrogen and oxygen atoms in total. The van der Waals surface area contributed by atoms with E-state index >= 15 is 0 Å². The summed E-state index contributed by atoms with van der Waals surface area (Å²) in [7, 11) is -18.1. The Balaban J connectivity index is 1.17. The molecule has 280 valence electrons. The molecule has 0 atom stereocenters. The van der Waals surface area contributed by atoms with Crippen LogP contribution in [0.3, 0.4) is 0 Å². The lowest BCUT2D eigenvalue weighted by atomic mass is 10.1. The normalized spacial score (nSPS) is 12.3. The fourth-order valence-corrected chi connectivity index (χ4v) is 8.47. The third kappa shape index (κ3) is 8.00. The number of sulfonamides is 2. The zero-order valence-corrected chi connectivity index (χ0v) is 30.3. The molecule has 0 fully saturated rings. The van der Waals surface area contributed by atoms with Crippen LogP contribution >= 0.6 is 0 Å². The molecule has 6 aromatic rings. The van der Waals surface area contributed by atoms with Gasteiger partial charge in [0, 0.05) is 22.1 Å². The van der Waals surface area contributed by atoms with Gasteiger partial charge in [-0.2, -0.15) is 16.8 Å². The van der Waals surface area contributed by atoms with Crippen molar-refractivity contribution in [1.82, 2.24) is 0 Å². The van der Waals surface area contributed by atoms with Crippen molar-refractivity contribution in [3.05, 3.63) is 109 Å². The lowest BCUT2D eigenvalue weighted by molar-refractivity contribution is 0.262. The molecule has 0 radical (unpaired) electrons. The maximum atomic E-state index is 13.2. The first kappa shape index (κ1) is 37.8. The van der Waals surface area contributed by atoms with Crippen LogP contribution in [0, 0.1) is 0 Å². The van der Waals surface area contributed by atoms with Crippen LogP contribution in [0.4, 0.5) is 27.5 Å². The van der Waals surface area contributed by atoms with Crippen molar-refractivity contribution < 1.29 is 57.8 Å². The van der Waals surface area contributed by atoms with Crippen LogP contribution < -0.4 is 20.1 Å². The van der Waals surface area contributed by atoms with Crippen LogP contribution in [0.25, 0.3) is 21.5 Å². The van der Waals surface area contributed by atoms with E-state index in [1.54, 1.807) is 0 Å². The van der Waals surface area contributed by atoms with Crippen LogP contribution in [0.15, 0.2) is 129 Å². The number of nitrogens with one attached hydrogen (secondary N) is 4. The molecule has 0 heterocycles. The number of hydrogen-bond acceptors (Lipinski definition) is 11. The van der Waals surface area contributed by atoms with Gasteiger partial charge in [0.15, 0.2) is 0 Å². The van der Waals surface area contributed by atoms with E-state index < -0.39 is 67.6 Å². The van der Waals surface area contributed by atoms with Crippen LogP contribution in [0.1, 0.15) is 0 Å². The van der Waals surface area contributed by atoms with E-state index in [1.165, 1.54) is 72.8 Å². The molecule has 0 saturated heterocycles. The van der Waals surface area contributed by atoms with E-state index in [1.807, 2.05) is 0 Å². The number of amides is 2. The average Bonchev–Trinajstić information content (AvgIpc) is 3.10. The molecule has 0 aliphatic rings. The predicted molar refractivity (Wildman–Crippen MR) is 198 cm³/mol. The number of hydrogen-bond donors (Lipinski definition) is 8. The second-order valence-electron chi connectivity index (χ2n) is 11.5. The molecule has 0 unspecified atom stereocenters. The summed E-state index contributed by atoms with van der Waals surface area (Å²) in [5, 5.41) is 26.9. The van der Waals surface area contributed by atoms with Gasteiger partial charge >= 0.3 is 6.03 Å². The number of phenols is 2. The van der Waals surface area contributed by atoms with Crippen LogP contribution in [-0.4, -0.2) is 59.0 Å². The molecule has 0 aliphatic carbocycles. The number of rotatable bonds is 10. The Morgan fingerprint density at radius 2 is 0.833 bits per heavy atom. The predicted octanol–water partition coefficient (Wildman–Crippen LogP) is 5.14. The summed E-state index contributed by atoms with van der Waals surface area (Å²) in [6, 6.07) is 21.2. The highest BCUT2D eigenvalue weighted by Crippen LogP contribution is 2.37. The van der Waals surface area contributed by atoms with E-state index in [0.29, 0.717) is 10.8 Å². The molecular formula is C33H26N4O13S4. The van der Waals surface area contributed by atoms with Crippen molar-refractivity contribution in [2.45, 2.75) is 19.6 Å². The van der Waals surface area contributed by atoms with E-state index in [0.717, 1.165) is 36.4 Å². The van der Waals surface area contributed by atoms with E-state index in [-0.39, 0.29) is 43.3 Å². The second kappa shape index (κ2) is 13.8. The molecule has 0 aliphatic heterocycles. The number of phenolic OH excluding ortho intramolecular Hbond substituents is 2. The first-order valence-electron chi connectivity index (χ1n) is 15.0. The van der Waals surface area contributed by atoms with Crippen LogP contribution in [0.2, 0.25) is 0 Å². The Morgan fingerprint density at radius 3 is 1.20 bits per heavy atom. The minimum Gasteiger partial charge on any atom is -0.505 e. The van der Waals surface area contributed by atoms with Gasteiger partial charge in [-0.05, 0) is 83.6 Å². The van der Waals surface area contributed by atoms with Crippen molar-refractivity contribution in [3.8, 4) is 11.5 Å². The number of carbonyl (C=O) groups excluding carboxylic acids is 1. The van der Waals surface area contributed by atoms with Crippen molar-refractivity contribution in [1.29, 1.82) is 0 Å². The number of carbonyl (C=O) groups is 1. The van der Waals surface area contributed by atoms with Gasteiger partial charge in [0.25, 0.3) is 40.3 Å². The van der Waals surface area contributed by atoms with Crippen molar-refractivity contribution in [2.24, 2.45) is 0 Å². The molecule has 0 spiro atoms. The topological polar surface area (TPSA) is 283 Å². The molecule has 6 rings (SSSR count). The zero-order valence-electron chi connectivity index (χ0n) is 27.0. The monoisotopic (exact) mass is 814 g/mol. The molecule has 0 aromatic heterocycles. The highest BCUT2D eigenvalue weighted by molar-refractivity contribution is 7.93. The lowest BCUT2D eigenvalue weighted by Gasteiger charge is -2.14. The smallest absolute Gasteiger partial charge is 0.323 e. The van der Waals surface area contributed by atoms with Crippen LogP contribution in [-0.2, 0) is 40.3 Å². The summed E-state index contributed by atoms with van der Waals surface area (Å²) in [6.07, 6.45) is 0. The van der Waals surface area contributed by atoms with E-state index in [9.17, 15) is 57.8 Å². The van der Waals surface area contributed by atoms with Gasteiger partial charge in [-0.1, -0.05) is 36.4 Å². The van der Waals surface area contributed by atoms with Crippen molar-refractivity contribution in [3.63, 3.8) is 0 Å². The average molecular weight is 815 g/mol. The standard InChI is InChI=1S/C33H26N4O13S4/c38-31-27-17-25(53(45,46)47)11-7-19(27)9-13-29(31)36-51(41,42)23-5-1-3-21(15-23)34-33(40)35-22-4-2-6-24(16-22)52(43,44)37-30-14-10-20-8-12-26(54(48,49)50)18-28(20)32(30)39/h1-18,36-39H,(H2,34,35,40)(H,45,46,47)(H,48,49,50). The summed E-state index contributed by atoms with van der Waals surface area (Å²) >= 11 is 0. The van der Waals surface area contributed by atoms with Gasteiger partial charge in [0.2, 0.25) is 0 Å². The fraction of sp³-hybridized carbons (Fsp3) is 0. The van der Waals surface area contributed by atoms with Gasteiger partial charge in [-0.25, -0.2) is 21.6 Å². The summed E-state index contributed by atoms with van der Waals surface area (Å²) in [6.45, 7) is 0. The Labute approximate surface area is 307 Å². The number of anilines is 4. The maximum absolute atomic E-state index is 13.2. The SMILES string of the molecule is O=C(Nc1cccc(S(=O)(=O)Nc2ccc3ccc(S(=O)(=O)O)cc3c2O)c1)Nc1cccc(S(=O)(=O)Nc2ccc3ccc(S(=O)(=O)O)cc3c2O)c1. The van der Waals surface area contributed by atoms with Gasteiger partial charge < -0.3 is 20.8 Å². The van der Waals surface area contributed by atoms with E-state index in [4.69, 9.17) is 0 Å². The zero-order chi connectivity index (χ0) is 39.2. The third-order valence-electron chi connectivity index (χ3n) is 7.82. The highest BCUT2D eigenvalue weighted by atomic mass is 32.2. The van der Waals surface area contributed by atoms with Crippen LogP contribution in [0.5, 0.6) is 11.5 Å². The number of aromatic hydroxyl groups is 2. The second-order valence-corrected chi connectivity index (χ2v) is 17.7. The minimum atomic E-state index is -4.62. The summed E-state index contributed by atoms with van der Waals surface area (Å²) in [4.78, 5) is 11.1. The van der Waals surface area contributed by atoms with Gasteiger partial charge in [-0.15, -0.1) is 0 Å². The van der Waals surface area contributed by atoms with Gasteiger partial charge in [0.1, 0.15) is 11.5 Å². The highest BCUT2D eigenvalue weighted by Gasteiger charge is 2.22. The van der Waals surface area contributed by atoms with Gasteiger partial charge in [0.05, 0.1) is 31.0 Å². The van der Waals surface area contributed by atoms with Crippen molar-refractivity contribution in [2.75, 3.05) is 20.1 Å².